The summed E-state index contributed by atoms with van der Waals surface area (Å²) in [6, 6.07) is 2.72. The van der Waals surface area contributed by atoms with Crippen LogP contribution in [0.15, 0.2) is 21.8 Å². The third kappa shape index (κ3) is 2.96. The molecule has 0 bridgehead atoms. The van der Waals surface area contributed by atoms with E-state index in [1.807, 2.05) is 0 Å². The van der Waals surface area contributed by atoms with Gasteiger partial charge in [0.1, 0.15) is 16.5 Å². The van der Waals surface area contributed by atoms with Crippen LogP contribution in [0.25, 0.3) is 16.9 Å². The van der Waals surface area contributed by atoms with Crippen molar-refractivity contribution < 1.29 is 17.7 Å². The Morgan fingerprint density at radius 1 is 1.35 bits per heavy atom. The first-order valence-corrected chi connectivity index (χ1v) is 9.36. The number of hydrogen-bond acceptors (Lipinski definition) is 6. The summed E-state index contributed by atoms with van der Waals surface area (Å²) in [7, 11) is -4.72. The van der Waals surface area contributed by atoms with Crippen LogP contribution in [0.2, 0.25) is 5.02 Å². The maximum Gasteiger partial charge on any atom is 0.296 e. The van der Waals surface area contributed by atoms with Crippen molar-refractivity contribution in [2.75, 3.05) is 6.61 Å². The van der Waals surface area contributed by atoms with Gasteiger partial charge < -0.3 is 9.72 Å². The molecule has 2 heterocycles. The van der Waals surface area contributed by atoms with E-state index < -0.39 is 20.6 Å². The molecule has 0 aliphatic carbocycles. The number of ether oxygens (including phenoxy) is 1. The molecule has 26 heavy (non-hydrogen) atoms. The van der Waals surface area contributed by atoms with Crippen molar-refractivity contribution in [3.63, 3.8) is 0 Å². The summed E-state index contributed by atoms with van der Waals surface area (Å²) in [6.45, 7) is 5.23. The van der Waals surface area contributed by atoms with Crippen molar-refractivity contribution in [1.29, 1.82) is 0 Å². The summed E-state index contributed by atoms with van der Waals surface area (Å²) in [5.74, 6) is 0.418. The lowest BCUT2D eigenvalue weighted by Crippen LogP contribution is -2.16. The highest BCUT2D eigenvalue weighted by Crippen LogP contribution is 2.38. The summed E-state index contributed by atoms with van der Waals surface area (Å²) >= 11 is 6.00. The molecule has 0 fully saturated rings. The molecule has 0 saturated heterocycles. The average Bonchev–Trinajstić information content (AvgIpc) is 2.82. The van der Waals surface area contributed by atoms with E-state index in [4.69, 9.17) is 16.3 Å². The van der Waals surface area contributed by atoms with Crippen molar-refractivity contribution in [2.24, 2.45) is 0 Å². The van der Waals surface area contributed by atoms with Gasteiger partial charge in [-0.05, 0) is 32.9 Å². The average molecular weight is 399 g/mol. The Hall–Kier alpha value is -2.43. The largest absolute Gasteiger partial charge is 0.493 e. The van der Waals surface area contributed by atoms with Crippen LogP contribution in [0.5, 0.6) is 5.75 Å². The zero-order valence-corrected chi connectivity index (χ0v) is 15.6. The zero-order chi connectivity index (χ0) is 19.2. The number of halogens is 1. The Bertz CT molecular complexity index is 1180. The molecule has 0 aliphatic rings. The second kappa shape index (κ2) is 6.38. The third-order valence-corrected chi connectivity index (χ3v) is 5.07. The highest BCUT2D eigenvalue weighted by atomic mass is 35.5. The minimum absolute atomic E-state index is 0.0986. The number of rotatable bonds is 4. The van der Waals surface area contributed by atoms with Crippen LogP contribution in [0.4, 0.5) is 0 Å². The Kier molecular flexibility index (Phi) is 4.51. The van der Waals surface area contributed by atoms with Crippen LogP contribution in [0.1, 0.15) is 18.4 Å². The molecule has 0 unspecified atom stereocenters. The number of nitrogens with one attached hydrogen (secondary N) is 1. The van der Waals surface area contributed by atoms with Gasteiger partial charge in [0.15, 0.2) is 11.3 Å². The molecule has 0 radical (unpaired) electrons. The fourth-order valence-electron chi connectivity index (χ4n) is 2.74. The van der Waals surface area contributed by atoms with Crippen LogP contribution >= 0.6 is 11.6 Å². The number of aromatic nitrogens is 4. The first-order valence-electron chi connectivity index (χ1n) is 7.54. The first kappa shape index (κ1) is 18.4. The van der Waals surface area contributed by atoms with Crippen molar-refractivity contribution in [3.05, 3.63) is 39.0 Å². The summed E-state index contributed by atoms with van der Waals surface area (Å²) < 4.78 is 40.2. The summed E-state index contributed by atoms with van der Waals surface area (Å²) in [5.41, 5.74) is 0.0667. The maximum atomic E-state index is 12.5. The minimum Gasteiger partial charge on any atom is -0.493 e. The van der Waals surface area contributed by atoms with Gasteiger partial charge in [0.25, 0.3) is 15.7 Å². The van der Waals surface area contributed by atoms with Gasteiger partial charge in [-0.15, -0.1) is 5.10 Å². The molecule has 0 amide bonds. The molecule has 9 nitrogen and oxygen atoms in total. The van der Waals surface area contributed by atoms with Crippen molar-refractivity contribution in [2.45, 2.75) is 25.7 Å². The molecule has 138 valence electrons. The summed E-state index contributed by atoms with van der Waals surface area (Å²) in [5, 5.41) is 4.04. The number of aryl methyl sites for hydroxylation is 2. The van der Waals surface area contributed by atoms with E-state index in [0.29, 0.717) is 11.5 Å². The highest BCUT2D eigenvalue weighted by Gasteiger charge is 2.27. The standard InChI is InChI=1S/C15H15ClN4O5S/c1-4-25-10-6-5-9(16)13(26(22,23)24)11(10)14-18-15(21)12-7(2)17-8(3)20(12)19-14/h5-6H,4H2,1-3H3,(H,18,19,21)(H,22,23,24). The fraction of sp³-hybridized carbons (Fsp3) is 0.267. The van der Waals surface area contributed by atoms with Crippen LogP contribution < -0.4 is 10.3 Å². The SMILES string of the molecule is CCOc1ccc(Cl)c(S(=O)(=O)O)c1-c1nn2c(C)nc(C)c2c(=O)[nH]1. The molecule has 0 atom stereocenters. The number of benzene rings is 1. The van der Waals surface area contributed by atoms with Gasteiger partial charge in [0.05, 0.1) is 22.9 Å². The van der Waals surface area contributed by atoms with Gasteiger partial charge in [-0.3, -0.25) is 9.35 Å². The Balaban J connectivity index is 2.47. The molecular weight excluding hydrogens is 384 g/mol. The normalized spacial score (nSPS) is 11.9. The number of imidazole rings is 1. The Morgan fingerprint density at radius 2 is 2.04 bits per heavy atom. The molecule has 11 heteroatoms. The van der Waals surface area contributed by atoms with Gasteiger partial charge in [-0.25, -0.2) is 9.50 Å². The molecular formula is C15H15ClN4O5S. The van der Waals surface area contributed by atoms with E-state index in [2.05, 4.69) is 15.1 Å². The van der Waals surface area contributed by atoms with Crippen molar-refractivity contribution in [3.8, 4) is 17.1 Å². The third-order valence-electron chi connectivity index (χ3n) is 3.70. The van der Waals surface area contributed by atoms with Gasteiger partial charge >= 0.3 is 0 Å². The molecule has 2 N–H and O–H groups in total. The predicted molar refractivity (Wildman–Crippen MR) is 94.5 cm³/mol. The topological polar surface area (TPSA) is 127 Å². The number of nitrogens with zero attached hydrogens (tertiary/aromatic N) is 3. The van der Waals surface area contributed by atoms with Crippen molar-refractivity contribution in [1.82, 2.24) is 19.6 Å². The lowest BCUT2D eigenvalue weighted by Gasteiger charge is -2.14. The molecule has 2 aromatic heterocycles. The van der Waals surface area contributed by atoms with Gasteiger partial charge in [-0.1, -0.05) is 11.6 Å². The van der Waals surface area contributed by atoms with Gasteiger partial charge in [-0.2, -0.15) is 8.42 Å². The zero-order valence-electron chi connectivity index (χ0n) is 14.1. The first-order chi connectivity index (χ1) is 12.1. The summed E-state index contributed by atoms with van der Waals surface area (Å²) in [6.07, 6.45) is 0. The second-order valence-corrected chi connectivity index (χ2v) is 7.23. The molecule has 0 aliphatic heterocycles. The Labute approximate surface area is 153 Å². The number of fused-ring (bicyclic) bond motifs is 1. The maximum absolute atomic E-state index is 12.5. The molecule has 0 spiro atoms. The number of H-pyrrole nitrogens is 1. The highest BCUT2D eigenvalue weighted by molar-refractivity contribution is 7.86. The minimum atomic E-state index is -4.72. The lowest BCUT2D eigenvalue weighted by atomic mass is 10.2. The van der Waals surface area contributed by atoms with E-state index in [0.717, 1.165) is 0 Å². The van der Waals surface area contributed by atoms with E-state index >= 15 is 0 Å². The smallest absolute Gasteiger partial charge is 0.296 e. The summed E-state index contributed by atoms with van der Waals surface area (Å²) in [4.78, 5) is 18.6. The Morgan fingerprint density at radius 3 is 2.65 bits per heavy atom. The van der Waals surface area contributed by atoms with Gasteiger partial charge in [0.2, 0.25) is 0 Å². The van der Waals surface area contributed by atoms with Crippen molar-refractivity contribution >= 4 is 27.2 Å². The molecule has 1 aromatic carbocycles. The van der Waals surface area contributed by atoms with Crippen LogP contribution in [-0.2, 0) is 10.1 Å². The van der Waals surface area contributed by atoms with E-state index in [9.17, 15) is 17.8 Å². The monoisotopic (exact) mass is 398 g/mol. The van der Waals surface area contributed by atoms with Crippen LogP contribution in [0, 0.1) is 13.8 Å². The number of aromatic amines is 1. The quantitative estimate of drug-likeness (QED) is 0.643. The van der Waals surface area contributed by atoms with Crippen LogP contribution in [-0.4, -0.2) is 39.2 Å². The van der Waals surface area contributed by atoms with Gasteiger partial charge in [0, 0.05) is 0 Å². The van der Waals surface area contributed by atoms with E-state index in [-0.39, 0.29) is 34.3 Å². The lowest BCUT2D eigenvalue weighted by molar-refractivity contribution is 0.340. The van der Waals surface area contributed by atoms with E-state index in [1.54, 1.807) is 20.8 Å². The fourth-order valence-corrected chi connectivity index (χ4v) is 3.96. The second-order valence-electron chi connectivity index (χ2n) is 5.47. The predicted octanol–water partition coefficient (Wildman–Crippen LogP) is 2.00. The number of hydrogen-bond donors (Lipinski definition) is 2. The van der Waals surface area contributed by atoms with E-state index in [1.165, 1.54) is 16.6 Å². The van der Waals surface area contributed by atoms with Crippen LogP contribution in [0.3, 0.4) is 0 Å². The molecule has 3 aromatic rings. The molecule has 3 rings (SSSR count). The molecule has 0 saturated carbocycles.